The Hall–Kier alpha value is -1.89. The molecule has 0 radical (unpaired) electrons. The number of ether oxygens (including phenoxy) is 1. The van der Waals surface area contributed by atoms with Crippen molar-refractivity contribution >= 4 is 24.1 Å². The van der Waals surface area contributed by atoms with Crippen molar-refractivity contribution in [3.05, 3.63) is 36.4 Å². The molecule has 2 aromatic rings. The van der Waals surface area contributed by atoms with Gasteiger partial charge in [0.2, 0.25) is 5.91 Å². The van der Waals surface area contributed by atoms with E-state index in [1.54, 1.807) is 0 Å². The zero-order valence-electron chi connectivity index (χ0n) is 14.6. The standard InChI is InChI=1S/C18H24N4O2.ClH/c1-13(2)22-17(11-16(21-22)14-6-4-3-5-7-14)20-18(23)10-15-12-24-9-8-19-15;/h3-7,11,13,15,19H,8-10,12H2,1-2H3,(H,20,23);1H. The number of halogens is 1. The summed E-state index contributed by atoms with van der Waals surface area (Å²) in [6.45, 7) is 6.17. The van der Waals surface area contributed by atoms with E-state index in [9.17, 15) is 4.79 Å². The van der Waals surface area contributed by atoms with Crippen molar-refractivity contribution in [2.24, 2.45) is 0 Å². The quantitative estimate of drug-likeness (QED) is 0.856. The fourth-order valence-electron chi connectivity index (χ4n) is 2.80. The van der Waals surface area contributed by atoms with Gasteiger partial charge in [-0.1, -0.05) is 30.3 Å². The molecule has 0 bridgehead atoms. The van der Waals surface area contributed by atoms with E-state index in [2.05, 4.69) is 15.7 Å². The summed E-state index contributed by atoms with van der Waals surface area (Å²) in [6, 6.07) is 12.1. The number of hydrogen-bond donors (Lipinski definition) is 2. The van der Waals surface area contributed by atoms with Gasteiger partial charge in [0.25, 0.3) is 0 Å². The second-order valence-electron chi connectivity index (χ2n) is 6.30. The highest BCUT2D eigenvalue weighted by atomic mass is 35.5. The van der Waals surface area contributed by atoms with Crippen LogP contribution in [0.1, 0.15) is 26.3 Å². The summed E-state index contributed by atoms with van der Waals surface area (Å²) < 4.78 is 7.25. The molecule has 7 heteroatoms. The first-order chi connectivity index (χ1) is 11.6. The number of rotatable bonds is 5. The molecule has 1 aromatic carbocycles. The number of carbonyl (C=O) groups excluding carboxylic acids is 1. The second-order valence-corrected chi connectivity index (χ2v) is 6.30. The van der Waals surface area contributed by atoms with Crippen LogP contribution < -0.4 is 10.6 Å². The molecule has 1 fully saturated rings. The summed E-state index contributed by atoms with van der Waals surface area (Å²) >= 11 is 0. The van der Waals surface area contributed by atoms with E-state index in [0.717, 1.165) is 23.6 Å². The van der Waals surface area contributed by atoms with Crippen molar-refractivity contribution in [1.82, 2.24) is 15.1 Å². The van der Waals surface area contributed by atoms with E-state index < -0.39 is 0 Å². The SMILES string of the molecule is CC(C)n1nc(-c2ccccc2)cc1NC(=O)CC1COCCN1.Cl. The first-order valence-electron chi connectivity index (χ1n) is 8.39. The molecule has 1 amide bonds. The molecular weight excluding hydrogens is 340 g/mol. The first-order valence-corrected chi connectivity index (χ1v) is 8.39. The smallest absolute Gasteiger partial charge is 0.227 e. The molecule has 1 aliphatic rings. The Balaban J connectivity index is 0.00000225. The molecular formula is C18H25ClN4O2. The number of benzene rings is 1. The molecule has 0 spiro atoms. The summed E-state index contributed by atoms with van der Waals surface area (Å²) in [7, 11) is 0. The van der Waals surface area contributed by atoms with Gasteiger partial charge in [-0.2, -0.15) is 5.10 Å². The van der Waals surface area contributed by atoms with Crippen LogP contribution in [0.5, 0.6) is 0 Å². The van der Waals surface area contributed by atoms with Crippen LogP contribution in [-0.4, -0.2) is 41.5 Å². The first kappa shape index (κ1) is 19.4. The number of anilines is 1. The molecule has 1 saturated heterocycles. The van der Waals surface area contributed by atoms with Crippen LogP contribution in [-0.2, 0) is 9.53 Å². The number of amides is 1. The number of morpholine rings is 1. The monoisotopic (exact) mass is 364 g/mol. The fraction of sp³-hybridized carbons (Fsp3) is 0.444. The van der Waals surface area contributed by atoms with Crippen LogP contribution in [0.3, 0.4) is 0 Å². The number of nitrogens with one attached hydrogen (secondary N) is 2. The van der Waals surface area contributed by atoms with Gasteiger partial charge in [0.05, 0.1) is 18.9 Å². The molecule has 136 valence electrons. The lowest BCUT2D eigenvalue weighted by molar-refractivity contribution is -0.117. The van der Waals surface area contributed by atoms with E-state index in [4.69, 9.17) is 4.74 Å². The zero-order valence-corrected chi connectivity index (χ0v) is 15.4. The van der Waals surface area contributed by atoms with Gasteiger partial charge < -0.3 is 15.4 Å². The van der Waals surface area contributed by atoms with Gasteiger partial charge in [-0.3, -0.25) is 4.79 Å². The average Bonchev–Trinajstić information content (AvgIpc) is 3.00. The van der Waals surface area contributed by atoms with E-state index in [-0.39, 0.29) is 30.4 Å². The van der Waals surface area contributed by atoms with Gasteiger partial charge in [0.15, 0.2) is 0 Å². The lowest BCUT2D eigenvalue weighted by atomic mass is 10.1. The molecule has 3 rings (SSSR count). The van der Waals surface area contributed by atoms with E-state index >= 15 is 0 Å². The Bertz CT molecular complexity index is 682. The predicted molar refractivity (Wildman–Crippen MR) is 101 cm³/mol. The van der Waals surface area contributed by atoms with Gasteiger partial charge in [-0.15, -0.1) is 12.4 Å². The van der Waals surface area contributed by atoms with Gasteiger partial charge in [-0.25, -0.2) is 4.68 Å². The minimum Gasteiger partial charge on any atom is -0.378 e. The van der Waals surface area contributed by atoms with Crippen LogP contribution >= 0.6 is 12.4 Å². The van der Waals surface area contributed by atoms with Crippen molar-refractivity contribution < 1.29 is 9.53 Å². The van der Waals surface area contributed by atoms with E-state index in [1.807, 2.05) is 54.9 Å². The minimum atomic E-state index is -0.0283. The molecule has 2 heterocycles. The highest BCUT2D eigenvalue weighted by Crippen LogP contribution is 2.24. The highest BCUT2D eigenvalue weighted by Gasteiger charge is 2.19. The summed E-state index contributed by atoms with van der Waals surface area (Å²) in [5.41, 5.74) is 1.90. The summed E-state index contributed by atoms with van der Waals surface area (Å²) in [4.78, 5) is 12.4. The Morgan fingerprint density at radius 2 is 2.16 bits per heavy atom. The average molecular weight is 365 g/mol. The number of carbonyl (C=O) groups is 1. The minimum absolute atomic E-state index is 0. The molecule has 25 heavy (non-hydrogen) atoms. The van der Waals surface area contributed by atoms with Crippen molar-refractivity contribution in [3.63, 3.8) is 0 Å². The third-order valence-corrected chi connectivity index (χ3v) is 3.99. The zero-order chi connectivity index (χ0) is 16.9. The maximum absolute atomic E-state index is 12.4. The third kappa shape index (κ3) is 5.04. The van der Waals surface area contributed by atoms with E-state index in [1.165, 1.54) is 0 Å². The summed E-state index contributed by atoms with van der Waals surface area (Å²) in [5, 5.41) is 10.9. The Morgan fingerprint density at radius 1 is 1.40 bits per heavy atom. The summed E-state index contributed by atoms with van der Waals surface area (Å²) in [6.07, 6.45) is 0.393. The Kier molecular flexibility index (Phi) is 6.99. The largest absolute Gasteiger partial charge is 0.378 e. The molecule has 2 N–H and O–H groups in total. The number of nitrogens with zero attached hydrogens (tertiary/aromatic N) is 2. The van der Waals surface area contributed by atoms with Crippen molar-refractivity contribution in [1.29, 1.82) is 0 Å². The van der Waals surface area contributed by atoms with Gasteiger partial charge >= 0.3 is 0 Å². The Labute approximate surface area is 154 Å². The van der Waals surface area contributed by atoms with Crippen LogP contribution in [0.4, 0.5) is 5.82 Å². The van der Waals surface area contributed by atoms with Crippen molar-refractivity contribution in [3.8, 4) is 11.3 Å². The normalized spacial score (nSPS) is 17.2. The van der Waals surface area contributed by atoms with Crippen LogP contribution in [0, 0.1) is 0 Å². The number of hydrogen-bond acceptors (Lipinski definition) is 4. The predicted octanol–water partition coefficient (Wildman–Crippen LogP) is 2.87. The molecule has 1 aliphatic heterocycles. The van der Waals surface area contributed by atoms with Crippen LogP contribution in [0.2, 0.25) is 0 Å². The van der Waals surface area contributed by atoms with Gasteiger partial charge in [-0.05, 0) is 13.8 Å². The maximum Gasteiger partial charge on any atom is 0.227 e. The highest BCUT2D eigenvalue weighted by molar-refractivity contribution is 5.91. The molecule has 1 atom stereocenters. The topological polar surface area (TPSA) is 68.2 Å². The Morgan fingerprint density at radius 3 is 2.80 bits per heavy atom. The molecule has 0 aliphatic carbocycles. The third-order valence-electron chi connectivity index (χ3n) is 3.99. The van der Waals surface area contributed by atoms with Gasteiger partial charge in [0.1, 0.15) is 5.82 Å². The molecule has 0 saturated carbocycles. The second kappa shape index (κ2) is 8.99. The van der Waals surface area contributed by atoms with E-state index in [0.29, 0.717) is 19.6 Å². The van der Waals surface area contributed by atoms with Crippen LogP contribution in [0.15, 0.2) is 36.4 Å². The molecule has 1 aromatic heterocycles. The lowest BCUT2D eigenvalue weighted by Gasteiger charge is -2.23. The molecule has 1 unspecified atom stereocenters. The lowest BCUT2D eigenvalue weighted by Crippen LogP contribution is -2.43. The number of aromatic nitrogens is 2. The molecule has 6 nitrogen and oxygen atoms in total. The van der Waals surface area contributed by atoms with Crippen LogP contribution in [0.25, 0.3) is 11.3 Å². The summed E-state index contributed by atoms with van der Waals surface area (Å²) in [5.74, 6) is 0.699. The van der Waals surface area contributed by atoms with Crippen molar-refractivity contribution in [2.75, 3.05) is 25.1 Å². The fourth-order valence-corrected chi connectivity index (χ4v) is 2.80. The van der Waals surface area contributed by atoms with Crippen molar-refractivity contribution in [2.45, 2.75) is 32.4 Å². The maximum atomic E-state index is 12.4. The van der Waals surface area contributed by atoms with Gasteiger partial charge in [0, 0.05) is 36.7 Å².